The standard InChI is InChI=1S/C25H34N6O2/c1-3-23(24-27-28-29-31(24)16-21-9-6-12-33-21)30(20-7-4-5-8-20)15-19-14-18-13-17(2)10-11-22(18)26-25(19)32/h10-11,13-14,20-21,23H,3-9,12,15-16H2,1-2H3,(H,26,32)/t21-,23+/m0/s1. The summed E-state index contributed by atoms with van der Waals surface area (Å²) in [5, 5.41) is 13.9. The van der Waals surface area contributed by atoms with Crippen LogP contribution >= 0.6 is 0 Å². The average Bonchev–Trinajstić information content (AvgIpc) is 3.58. The fourth-order valence-corrected chi connectivity index (χ4v) is 5.54. The zero-order chi connectivity index (χ0) is 22.8. The smallest absolute Gasteiger partial charge is 0.252 e. The minimum Gasteiger partial charge on any atom is -0.376 e. The first-order chi connectivity index (χ1) is 16.1. The van der Waals surface area contributed by atoms with Crippen LogP contribution in [0.1, 0.15) is 74.9 Å². The molecule has 0 bridgehead atoms. The lowest BCUT2D eigenvalue weighted by molar-refractivity contribution is 0.0839. The van der Waals surface area contributed by atoms with E-state index in [1.807, 2.05) is 16.8 Å². The zero-order valence-electron chi connectivity index (χ0n) is 19.7. The van der Waals surface area contributed by atoms with Crippen LogP contribution in [0.15, 0.2) is 29.1 Å². The number of aromatic amines is 1. The Balaban J connectivity index is 1.48. The normalized spacial score (nSPS) is 20.3. The highest BCUT2D eigenvalue weighted by Gasteiger charge is 2.33. The number of H-pyrrole nitrogens is 1. The fraction of sp³-hybridized carbons (Fsp3) is 0.600. The summed E-state index contributed by atoms with van der Waals surface area (Å²) in [6.07, 6.45) is 7.95. The lowest BCUT2D eigenvalue weighted by Crippen LogP contribution is -2.39. The number of fused-ring (bicyclic) bond motifs is 1. The first-order valence-electron chi connectivity index (χ1n) is 12.4. The van der Waals surface area contributed by atoms with Crippen molar-refractivity contribution in [3.63, 3.8) is 0 Å². The van der Waals surface area contributed by atoms with Gasteiger partial charge in [0, 0.05) is 30.3 Å². The minimum absolute atomic E-state index is 0.0110. The molecule has 3 aromatic rings. The third kappa shape index (κ3) is 4.73. The lowest BCUT2D eigenvalue weighted by atomic mass is 10.0. The number of hydrogen-bond donors (Lipinski definition) is 1. The topological polar surface area (TPSA) is 88.9 Å². The molecule has 0 radical (unpaired) electrons. The Bertz CT molecular complexity index is 1140. The summed E-state index contributed by atoms with van der Waals surface area (Å²) in [6, 6.07) is 8.69. The highest BCUT2D eigenvalue weighted by atomic mass is 16.5. The van der Waals surface area contributed by atoms with Crippen molar-refractivity contribution in [2.24, 2.45) is 0 Å². The number of aryl methyl sites for hydroxylation is 1. The minimum atomic E-state index is -0.0110. The van der Waals surface area contributed by atoms with E-state index in [9.17, 15) is 4.79 Å². The molecule has 2 aliphatic rings. The first-order valence-corrected chi connectivity index (χ1v) is 12.4. The number of ether oxygens (including phenoxy) is 1. The van der Waals surface area contributed by atoms with Gasteiger partial charge in [-0.2, -0.15) is 0 Å². The van der Waals surface area contributed by atoms with Crippen LogP contribution in [0.25, 0.3) is 10.9 Å². The van der Waals surface area contributed by atoms with Crippen molar-refractivity contribution in [1.29, 1.82) is 0 Å². The van der Waals surface area contributed by atoms with Crippen LogP contribution < -0.4 is 5.56 Å². The highest BCUT2D eigenvalue weighted by Crippen LogP contribution is 2.34. The third-order valence-corrected chi connectivity index (χ3v) is 7.27. The Morgan fingerprint density at radius 2 is 2.06 bits per heavy atom. The molecule has 33 heavy (non-hydrogen) atoms. The molecule has 3 heterocycles. The van der Waals surface area contributed by atoms with Gasteiger partial charge in [-0.05, 0) is 73.0 Å². The van der Waals surface area contributed by atoms with Crippen LogP contribution in [0.4, 0.5) is 0 Å². The van der Waals surface area contributed by atoms with E-state index in [-0.39, 0.29) is 17.7 Å². The summed E-state index contributed by atoms with van der Waals surface area (Å²) in [6.45, 7) is 6.36. The van der Waals surface area contributed by atoms with E-state index in [0.29, 0.717) is 19.1 Å². The number of hydrogen-bond acceptors (Lipinski definition) is 6. The molecule has 8 heteroatoms. The molecule has 1 aromatic carbocycles. The second kappa shape index (κ2) is 9.73. The van der Waals surface area contributed by atoms with Gasteiger partial charge in [-0.15, -0.1) is 5.10 Å². The van der Waals surface area contributed by atoms with Crippen molar-refractivity contribution >= 4 is 10.9 Å². The Hall–Kier alpha value is -2.58. The Kier molecular flexibility index (Phi) is 6.55. The monoisotopic (exact) mass is 450 g/mol. The fourth-order valence-electron chi connectivity index (χ4n) is 5.54. The quantitative estimate of drug-likeness (QED) is 0.560. The summed E-state index contributed by atoms with van der Waals surface area (Å²) >= 11 is 0. The number of nitrogens with one attached hydrogen (secondary N) is 1. The van der Waals surface area contributed by atoms with Gasteiger partial charge >= 0.3 is 0 Å². The van der Waals surface area contributed by atoms with E-state index in [1.165, 1.54) is 18.4 Å². The van der Waals surface area contributed by atoms with E-state index < -0.39 is 0 Å². The van der Waals surface area contributed by atoms with E-state index >= 15 is 0 Å². The van der Waals surface area contributed by atoms with E-state index in [2.05, 4.69) is 51.4 Å². The second-order valence-corrected chi connectivity index (χ2v) is 9.60. The Labute approximate surface area is 194 Å². The van der Waals surface area contributed by atoms with Crippen LogP contribution in [-0.2, 0) is 17.8 Å². The van der Waals surface area contributed by atoms with E-state index in [4.69, 9.17) is 4.74 Å². The van der Waals surface area contributed by atoms with Gasteiger partial charge in [0.2, 0.25) is 0 Å². The molecule has 176 valence electrons. The first kappa shape index (κ1) is 22.2. The maximum absolute atomic E-state index is 13.0. The summed E-state index contributed by atoms with van der Waals surface area (Å²) in [7, 11) is 0. The average molecular weight is 451 g/mol. The van der Waals surface area contributed by atoms with Crippen LogP contribution in [0, 0.1) is 6.92 Å². The lowest BCUT2D eigenvalue weighted by Gasteiger charge is -2.35. The van der Waals surface area contributed by atoms with Gasteiger partial charge in [-0.1, -0.05) is 31.4 Å². The van der Waals surface area contributed by atoms with Gasteiger partial charge < -0.3 is 9.72 Å². The summed E-state index contributed by atoms with van der Waals surface area (Å²) in [4.78, 5) is 18.6. The molecule has 0 unspecified atom stereocenters. The van der Waals surface area contributed by atoms with Crippen LogP contribution in [0.2, 0.25) is 0 Å². The van der Waals surface area contributed by atoms with Crippen molar-refractivity contribution < 1.29 is 4.74 Å². The molecule has 1 saturated heterocycles. The number of tetrazole rings is 1. The molecule has 2 atom stereocenters. The van der Waals surface area contributed by atoms with Crippen molar-refractivity contribution in [3.05, 3.63) is 51.6 Å². The number of rotatable bonds is 8. The van der Waals surface area contributed by atoms with Crippen LogP contribution in [0.3, 0.4) is 0 Å². The van der Waals surface area contributed by atoms with Crippen LogP contribution in [0.5, 0.6) is 0 Å². The Morgan fingerprint density at radius 1 is 1.21 bits per heavy atom. The van der Waals surface area contributed by atoms with Gasteiger partial charge in [0.25, 0.3) is 5.56 Å². The molecule has 2 fully saturated rings. The molecule has 1 saturated carbocycles. The molecule has 1 aliphatic heterocycles. The number of aromatic nitrogens is 5. The van der Waals surface area contributed by atoms with Crippen LogP contribution in [-0.4, -0.2) is 48.8 Å². The van der Waals surface area contributed by atoms with Gasteiger partial charge in [-0.3, -0.25) is 9.69 Å². The largest absolute Gasteiger partial charge is 0.376 e. The van der Waals surface area contributed by atoms with Gasteiger partial charge in [0.05, 0.1) is 18.7 Å². The molecule has 0 spiro atoms. The van der Waals surface area contributed by atoms with Crippen molar-refractivity contribution in [3.8, 4) is 0 Å². The number of benzene rings is 1. The number of pyridine rings is 1. The maximum Gasteiger partial charge on any atom is 0.252 e. The van der Waals surface area contributed by atoms with E-state index in [1.54, 1.807) is 0 Å². The SMILES string of the molecule is CC[C@H](c1nnnn1C[C@@H]1CCCO1)N(Cc1cc2cc(C)ccc2[nH]c1=O)C1CCCC1. The zero-order valence-corrected chi connectivity index (χ0v) is 19.7. The van der Waals surface area contributed by atoms with Crippen molar-refractivity contribution in [2.45, 2.75) is 90.1 Å². The molecule has 5 rings (SSSR count). The van der Waals surface area contributed by atoms with Gasteiger partial charge in [0.1, 0.15) is 0 Å². The summed E-state index contributed by atoms with van der Waals surface area (Å²) in [5.41, 5.74) is 2.86. The predicted octanol–water partition coefficient (Wildman–Crippen LogP) is 3.90. The third-order valence-electron chi connectivity index (χ3n) is 7.27. The number of nitrogens with zero attached hydrogens (tertiary/aromatic N) is 5. The molecule has 2 aromatic heterocycles. The van der Waals surface area contributed by atoms with Crippen molar-refractivity contribution in [2.75, 3.05) is 6.61 Å². The Morgan fingerprint density at radius 3 is 2.82 bits per heavy atom. The van der Waals surface area contributed by atoms with Gasteiger partial charge in [0.15, 0.2) is 5.82 Å². The second-order valence-electron chi connectivity index (χ2n) is 9.60. The molecular formula is C25H34N6O2. The molecule has 0 amide bonds. The molecule has 1 N–H and O–H groups in total. The molecule has 1 aliphatic carbocycles. The molecule has 8 nitrogen and oxygen atoms in total. The highest BCUT2D eigenvalue weighted by molar-refractivity contribution is 5.79. The maximum atomic E-state index is 13.0. The van der Waals surface area contributed by atoms with Gasteiger partial charge in [-0.25, -0.2) is 4.68 Å². The van der Waals surface area contributed by atoms with Crippen molar-refractivity contribution in [1.82, 2.24) is 30.1 Å². The van der Waals surface area contributed by atoms with E-state index in [0.717, 1.165) is 61.0 Å². The summed E-state index contributed by atoms with van der Waals surface area (Å²) < 4.78 is 7.77. The summed E-state index contributed by atoms with van der Waals surface area (Å²) in [5.74, 6) is 0.882. The predicted molar refractivity (Wildman–Crippen MR) is 127 cm³/mol. The molecular weight excluding hydrogens is 416 g/mol.